The Morgan fingerprint density at radius 1 is 1.38 bits per heavy atom. The molecular formula is C9H10N4. The van der Waals surface area contributed by atoms with Crippen LogP contribution in [0.2, 0.25) is 0 Å². The quantitative estimate of drug-likeness (QED) is 0.652. The number of hydrogen-bond acceptors (Lipinski definition) is 3. The van der Waals surface area contributed by atoms with Gasteiger partial charge < -0.3 is 0 Å². The first-order valence-electron chi connectivity index (χ1n) is 4.04. The third-order valence-corrected chi connectivity index (χ3v) is 1.78. The van der Waals surface area contributed by atoms with E-state index in [2.05, 4.69) is 15.1 Å². The summed E-state index contributed by atoms with van der Waals surface area (Å²) in [7, 11) is 1.89. The zero-order chi connectivity index (χ0) is 9.26. The number of aryl methyl sites for hydroxylation is 2. The maximum absolute atomic E-state index is 4.29. The van der Waals surface area contributed by atoms with Gasteiger partial charge in [0.25, 0.3) is 0 Å². The number of aromatic nitrogens is 4. The van der Waals surface area contributed by atoms with Gasteiger partial charge in [0.2, 0.25) is 0 Å². The highest BCUT2D eigenvalue weighted by Crippen LogP contribution is 2.14. The van der Waals surface area contributed by atoms with Gasteiger partial charge in [-0.25, -0.2) is 9.97 Å². The van der Waals surface area contributed by atoms with E-state index in [9.17, 15) is 0 Å². The molecule has 0 saturated carbocycles. The van der Waals surface area contributed by atoms with Crippen molar-refractivity contribution in [1.82, 2.24) is 19.7 Å². The molecule has 0 spiro atoms. The third kappa shape index (κ3) is 1.56. The number of hydrogen-bond donors (Lipinski definition) is 0. The van der Waals surface area contributed by atoms with Crippen molar-refractivity contribution >= 4 is 0 Å². The van der Waals surface area contributed by atoms with E-state index in [4.69, 9.17) is 0 Å². The van der Waals surface area contributed by atoms with Crippen molar-refractivity contribution in [2.75, 3.05) is 0 Å². The van der Waals surface area contributed by atoms with Crippen LogP contribution in [0.4, 0.5) is 0 Å². The summed E-state index contributed by atoms with van der Waals surface area (Å²) in [6, 6.07) is 1.88. The molecule has 0 N–H and O–H groups in total. The lowest BCUT2D eigenvalue weighted by Crippen LogP contribution is -1.88. The Morgan fingerprint density at radius 2 is 2.23 bits per heavy atom. The van der Waals surface area contributed by atoms with Crippen molar-refractivity contribution in [3.63, 3.8) is 0 Å². The van der Waals surface area contributed by atoms with Crippen LogP contribution in [0.3, 0.4) is 0 Å². The topological polar surface area (TPSA) is 43.6 Å². The van der Waals surface area contributed by atoms with Gasteiger partial charge in [-0.1, -0.05) is 0 Å². The van der Waals surface area contributed by atoms with E-state index in [0.29, 0.717) is 0 Å². The molecule has 2 aromatic rings. The molecule has 0 amide bonds. The van der Waals surface area contributed by atoms with Gasteiger partial charge in [0.15, 0.2) is 0 Å². The molecule has 0 unspecified atom stereocenters. The Morgan fingerprint density at radius 3 is 2.85 bits per heavy atom. The minimum Gasteiger partial charge on any atom is -0.275 e. The summed E-state index contributed by atoms with van der Waals surface area (Å²) < 4.78 is 1.76. The summed E-state index contributed by atoms with van der Waals surface area (Å²) in [5.41, 5.74) is 1.94. The highest BCUT2D eigenvalue weighted by molar-refractivity contribution is 5.56. The molecule has 0 fully saturated rings. The Labute approximate surface area is 76.3 Å². The lowest BCUT2D eigenvalue weighted by molar-refractivity contribution is 0.768. The van der Waals surface area contributed by atoms with Crippen LogP contribution in [0.15, 0.2) is 24.7 Å². The first kappa shape index (κ1) is 7.91. The Balaban J connectivity index is 2.46. The molecule has 2 heterocycles. The van der Waals surface area contributed by atoms with E-state index in [1.165, 1.54) is 0 Å². The third-order valence-electron chi connectivity index (χ3n) is 1.78. The summed E-state index contributed by atoms with van der Waals surface area (Å²) >= 11 is 0. The van der Waals surface area contributed by atoms with Gasteiger partial charge in [-0.05, 0) is 13.0 Å². The smallest absolute Gasteiger partial charge is 0.125 e. The number of rotatable bonds is 1. The highest BCUT2D eigenvalue weighted by atomic mass is 15.2. The standard InChI is InChI=1S/C9H10N4/c1-7-10-4-3-9(12-7)8-5-11-13(2)6-8/h3-6H,1-2H3. The van der Waals surface area contributed by atoms with E-state index in [1.54, 1.807) is 17.1 Å². The van der Waals surface area contributed by atoms with Crippen LogP contribution in [0.25, 0.3) is 11.3 Å². The van der Waals surface area contributed by atoms with Crippen molar-refractivity contribution in [1.29, 1.82) is 0 Å². The van der Waals surface area contributed by atoms with Crippen LogP contribution in [-0.4, -0.2) is 19.7 Å². The van der Waals surface area contributed by atoms with E-state index in [1.807, 2.05) is 26.2 Å². The maximum Gasteiger partial charge on any atom is 0.125 e. The molecule has 13 heavy (non-hydrogen) atoms. The zero-order valence-electron chi connectivity index (χ0n) is 7.60. The zero-order valence-corrected chi connectivity index (χ0v) is 7.60. The van der Waals surface area contributed by atoms with Crippen molar-refractivity contribution in [2.24, 2.45) is 7.05 Å². The second kappa shape index (κ2) is 2.97. The van der Waals surface area contributed by atoms with Crippen molar-refractivity contribution in [3.05, 3.63) is 30.5 Å². The summed E-state index contributed by atoms with van der Waals surface area (Å²) in [5.74, 6) is 0.779. The Hall–Kier alpha value is -1.71. The van der Waals surface area contributed by atoms with E-state index in [-0.39, 0.29) is 0 Å². The molecule has 0 aliphatic carbocycles. The lowest BCUT2D eigenvalue weighted by atomic mass is 10.2. The molecular weight excluding hydrogens is 164 g/mol. The van der Waals surface area contributed by atoms with Crippen LogP contribution < -0.4 is 0 Å². The highest BCUT2D eigenvalue weighted by Gasteiger charge is 2.01. The average Bonchev–Trinajstić information content (AvgIpc) is 2.52. The van der Waals surface area contributed by atoms with Crippen molar-refractivity contribution in [2.45, 2.75) is 6.92 Å². The fraction of sp³-hybridized carbons (Fsp3) is 0.222. The van der Waals surface area contributed by atoms with Gasteiger partial charge >= 0.3 is 0 Å². The minimum absolute atomic E-state index is 0.779. The summed E-state index contributed by atoms with van der Waals surface area (Å²) in [6.07, 6.45) is 5.48. The fourth-order valence-electron chi connectivity index (χ4n) is 1.17. The molecule has 0 aliphatic heterocycles. The second-order valence-electron chi connectivity index (χ2n) is 2.89. The molecule has 2 rings (SSSR count). The van der Waals surface area contributed by atoms with Gasteiger partial charge in [-0.2, -0.15) is 5.10 Å². The molecule has 2 aromatic heterocycles. The molecule has 0 aromatic carbocycles. The Bertz CT molecular complexity index is 419. The predicted octanol–water partition coefficient (Wildman–Crippen LogP) is 1.19. The molecule has 0 saturated heterocycles. The fourth-order valence-corrected chi connectivity index (χ4v) is 1.17. The van der Waals surface area contributed by atoms with Crippen molar-refractivity contribution < 1.29 is 0 Å². The second-order valence-corrected chi connectivity index (χ2v) is 2.89. The predicted molar refractivity (Wildman–Crippen MR) is 49.0 cm³/mol. The first-order valence-corrected chi connectivity index (χ1v) is 4.04. The Kier molecular flexibility index (Phi) is 1.81. The van der Waals surface area contributed by atoms with E-state index >= 15 is 0 Å². The minimum atomic E-state index is 0.779. The van der Waals surface area contributed by atoms with E-state index in [0.717, 1.165) is 17.1 Å². The molecule has 0 atom stereocenters. The van der Waals surface area contributed by atoms with Gasteiger partial charge in [0.1, 0.15) is 5.82 Å². The van der Waals surface area contributed by atoms with Crippen LogP contribution >= 0.6 is 0 Å². The molecule has 0 aliphatic rings. The monoisotopic (exact) mass is 174 g/mol. The molecule has 4 nitrogen and oxygen atoms in total. The van der Waals surface area contributed by atoms with Gasteiger partial charge in [-0.3, -0.25) is 4.68 Å². The lowest BCUT2D eigenvalue weighted by Gasteiger charge is -1.95. The van der Waals surface area contributed by atoms with Crippen LogP contribution in [0.5, 0.6) is 0 Å². The van der Waals surface area contributed by atoms with Gasteiger partial charge in [0, 0.05) is 25.0 Å². The van der Waals surface area contributed by atoms with Gasteiger partial charge in [0.05, 0.1) is 11.9 Å². The van der Waals surface area contributed by atoms with Crippen molar-refractivity contribution in [3.8, 4) is 11.3 Å². The normalized spacial score (nSPS) is 10.3. The summed E-state index contributed by atoms with van der Waals surface area (Å²) in [4.78, 5) is 8.33. The average molecular weight is 174 g/mol. The molecule has 4 heteroatoms. The van der Waals surface area contributed by atoms with Crippen LogP contribution in [0, 0.1) is 6.92 Å². The van der Waals surface area contributed by atoms with Crippen LogP contribution in [0.1, 0.15) is 5.82 Å². The largest absolute Gasteiger partial charge is 0.275 e. The SMILES string of the molecule is Cc1nccc(-c2cnn(C)c2)n1. The van der Waals surface area contributed by atoms with E-state index < -0.39 is 0 Å². The summed E-state index contributed by atoms with van der Waals surface area (Å²) in [5, 5.41) is 4.08. The van der Waals surface area contributed by atoms with Gasteiger partial charge in [-0.15, -0.1) is 0 Å². The number of nitrogens with zero attached hydrogens (tertiary/aromatic N) is 4. The van der Waals surface area contributed by atoms with Crippen LogP contribution in [-0.2, 0) is 7.05 Å². The first-order chi connectivity index (χ1) is 6.25. The molecule has 66 valence electrons. The molecule has 0 radical (unpaired) electrons. The maximum atomic E-state index is 4.29. The summed E-state index contributed by atoms with van der Waals surface area (Å²) in [6.45, 7) is 1.87. The molecule has 0 bridgehead atoms.